The summed E-state index contributed by atoms with van der Waals surface area (Å²) in [4.78, 5) is 13.9. The normalized spacial score (nSPS) is 13.3. The monoisotopic (exact) mass is 197 g/mol. The van der Waals surface area contributed by atoms with Crippen LogP contribution in [0.2, 0.25) is 0 Å². The molecule has 4 nitrogen and oxygen atoms in total. The number of nitrogens with one attached hydrogen (secondary N) is 1. The number of oxazole rings is 1. The van der Waals surface area contributed by atoms with Gasteiger partial charge in [-0.3, -0.25) is 9.19 Å². The summed E-state index contributed by atoms with van der Waals surface area (Å²) in [6.45, 7) is 0. The van der Waals surface area contributed by atoms with Gasteiger partial charge in [-0.25, -0.2) is 4.79 Å². The van der Waals surface area contributed by atoms with Crippen molar-refractivity contribution in [3.63, 3.8) is 0 Å². The lowest BCUT2D eigenvalue weighted by Gasteiger charge is -1.93. The number of hydrogen-bond donors (Lipinski definition) is 1. The third kappa shape index (κ3) is 1.42. The Bertz CT molecular complexity index is 525. The molecule has 1 aromatic heterocycles. The van der Waals surface area contributed by atoms with E-state index < -0.39 is 16.6 Å². The van der Waals surface area contributed by atoms with Crippen LogP contribution in [0.4, 0.5) is 0 Å². The standard InChI is InChI=1S/C8H7NO3S/c1-13(11)5-2-3-7-6(4-5)9-8(10)12-7/h2-4H,1H3,(H,9,10). The van der Waals surface area contributed by atoms with Gasteiger partial charge in [-0.05, 0) is 18.2 Å². The van der Waals surface area contributed by atoms with Gasteiger partial charge >= 0.3 is 5.76 Å². The van der Waals surface area contributed by atoms with Gasteiger partial charge in [-0.2, -0.15) is 0 Å². The lowest BCUT2D eigenvalue weighted by Crippen LogP contribution is -1.93. The zero-order valence-electron chi connectivity index (χ0n) is 6.87. The highest BCUT2D eigenvalue weighted by Crippen LogP contribution is 2.13. The molecule has 1 unspecified atom stereocenters. The highest BCUT2D eigenvalue weighted by molar-refractivity contribution is 7.84. The van der Waals surface area contributed by atoms with E-state index in [2.05, 4.69) is 4.98 Å². The van der Waals surface area contributed by atoms with Crippen molar-refractivity contribution in [2.24, 2.45) is 0 Å². The Morgan fingerprint density at radius 3 is 2.92 bits per heavy atom. The predicted molar refractivity (Wildman–Crippen MR) is 49.2 cm³/mol. The Balaban J connectivity index is 2.74. The molecule has 0 spiro atoms. The van der Waals surface area contributed by atoms with Gasteiger partial charge in [0.25, 0.3) is 0 Å². The van der Waals surface area contributed by atoms with Crippen molar-refractivity contribution in [2.75, 3.05) is 6.26 Å². The smallest absolute Gasteiger partial charge is 0.408 e. The number of rotatable bonds is 1. The quantitative estimate of drug-likeness (QED) is 0.737. The number of H-pyrrole nitrogens is 1. The topological polar surface area (TPSA) is 63.1 Å². The van der Waals surface area contributed by atoms with Crippen LogP contribution in [0.5, 0.6) is 0 Å². The van der Waals surface area contributed by atoms with E-state index in [1.54, 1.807) is 24.5 Å². The molecule has 5 heteroatoms. The molecular formula is C8H7NO3S. The van der Waals surface area contributed by atoms with E-state index in [1.165, 1.54) is 0 Å². The minimum absolute atomic E-state index is 0.485. The fourth-order valence-corrected chi connectivity index (χ4v) is 1.65. The molecular weight excluding hydrogens is 190 g/mol. The minimum atomic E-state index is -1.04. The van der Waals surface area contributed by atoms with Crippen molar-refractivity contribution in [3.05, 3.63) is 28.7 Å². The largest absolute Gasteiger partial charge is 0.417 e. The molecule has 68 valence electrons. The van der Waals surface area contributed by atoms with Crippen molar-refractivity contribution in [1.82, 2.24) is 4.98 Å². The predicted octanol–water partition coefficient (Wildman–Crippen LogP) is 0.859. The van der Waals surface area contributed by atoms with E-state index in [0.29, 0.717) is 16.0 Å². The molecule has 1 N–H and O–H groups in total. The molecule has 0 radical (unpaired) electrons. The maximum absolute atomic E-state index is 11.1. The summed E-state index contributed by atoms with van der Waals surface area (Å²) in [5, 5.41) is 0. The van der Waals surface area contributed by atoms with Crippen molar-refractivity contribution in [3.8, 4) is 0 Å². The first-order valence-electron chi connectivity index (χ1n) is 3.63. The Kier molecular flexibility index (Phi) is 1.81. The molecule has 0 saturated carbocycles. The Morgan fingerprint density at radius 1 is 1.46 bits per heavy atom. The number of fused-ring (bicyclic) bond motifs is 1. The average molecular weight is 197 g/mol. The highest BCUT2D eigenvalue weighted by atomic mass is 32.2. The number of hydrogen-bond acceptors (Lipinski definition) is 3. The van der Waals surface area contributed by atoms with Gasteiger partial charge < -0.3 is 4.42 Å². The van der Waals surface area contributed by atoms with Crippen molar-refractivity contribution in [2.45, 2.75) is 4.90 Å². The molecule has 13 heavy (non-hydrogen) atoms. The zero-order valence-corrected chi connectivity index (χ0v) is 7.68. The van der Waals surface area contributed by atoms with Crippen LogP contribution in [0, 0.1) is 0 Å². The van der Waals surface area contributed by atoms with E-state index in [1.807, 2.05) is 0 Å². The maximum Gasteiger partial charge on any atom is 0.417 e. The summed E-state index contributed by atoms with van der Waals surface area (Å²) in [7, 11) is -1.04. The lowest BCUT2D eigenvalue weighted by atomic mass is 10.3. The van der Waals surface area contributed by atoms with Crippen LogP contribution in [-0.4, -0.2) is 15.4 Å². The van der Waals surface area contributed by atoms with E-state index in [-0.39, 0.29) is 0 Å². The van der Waals surface area contributed by atoms with Gasteiger partial charge in [0.05, 0.1) is 5.52 Å². The lowest BCUT2D eigenvalue weighted by molar-refractivity contribution is 0.555. The summed E-state index contributed by atoms with van der Waals surface area (Å²) in [6, 6.07) is 4.95. The first-order valence-corrected chi connectivity index (χ1v) is 5.19. The third-order valence-electron chi connectivity index (χ3n) is 1.72. The second kappa shape index (κ2) is 2.85. The fraction of sp³-hybridized carbons (Fsp3) is 0.125. The van der Waals surface area contributed by atoms with Crippen LogP contribution in [0.3, 0.4) is 0 Å². The van der Waals surface area contributed by atoms with Crippen molar-refractivity contribution in [1.29, 1.82) is 0 Å². The Hall–Kier alpha value is -1.36. The van der Waals surface area contributed by atoms with Gasteiger partial charge in [0, 0.05) is 22.0 Å². The van der Waals surface area contributed by atoms with Crippen molar-refractivity contribution < 1.29 is 8.63 Å². The van der Waals surface area contributed by atoms with E-state index >= 15 is 0 Å². The van der Waals surface area contributed by atoms with Crippen LogP contribution in [0.15, 0.2) is 32.3 Å². The molecule has 1 aromatic carbocycles. The van der Waals surface area contributed by atoms with Crippen LogP contribution in [0.1, 0.15) is 0 Å². The maximum atomic E-state index is 11.1. The van der Waals surface area contributed by atoms with Gasteiger partial charge in [-0.15, -0.1) is 0 Å². The summed E-state index contributed by atoms with van der Waals surface area (Å²) in [5.74, 6) is -0.492. The van der Waals surface area contributed by atoms with Crippen LogP contribution >= 0.6 is 0 Å². The van der Waals surface area contributed by atoms with Crippen LogP contribution in [-0.2, 0) is 10.8 Å². The molecule has 0 saturated heterocycles. The minimum Gasteiger partial charge on any atom is -0.408 e. The van der Waals surface area contributed by atoms with Gasteiger partial charge in [0.2, 0.25) is 0 Å². The van der Waals surface area contributed by atoms with E-state index in [0.717, 1.165) is 0 Å². The molecule has 1 atom stereocenters. The molecule has 0 aliphatic carbocycles. The highest BCUT2D eigenvalue weighted by Gasteiger charge is 2.03. The second-order valence-corrected chi connectivity index (χ2v) is 4.01. The summed E-state index contributed by atoms with van der Waals surface area (Å²) in [6.07, 6.45) is 1.58. The zero-order chi connectivity index (χ0) is 9.42. The number of aromatic amines is 1. The summed E-state index contributed by atoms with van der Waals surface area (Å²) in [5.41, 5.74) is 1.07. The Morgan fingerprint density at radius 2 is 2.23 bits per heavy atom. The van der Waals surface area contributed by atoms with Crippen molar-refractivity contribution >= 4 is 21.9 Å². The average Bonchev–Trinajstić information content (AvgIpc) is 2.42. The van der Waals surface area contributed by atoms with Crippen LogP contribution < -0.4 is 5.76 Å². The number of aromatic nitrogens is 1. The summed E-state index contributed by atoms with van der Waals surface area (Å²) >= 11 is 0. The molecule has 0 aliphatic rings. The molecule has 2 rings (SSSR count). The second-order valence-electron chi connectivity index (χ2n) is 2.63. The van der Waals surface area contributed by atoms with E-state index in [9.17, 15) is 9.00 Å². The molecule has 0 bridgehead atoms. The van der Waals surface area contributed by atoms with E-state index in [4.69, 9.17) is 4.42 Å². The molecule has 0 fully saturated rings. The van der Waals surface area contributed by atoms with Gasteiger partial charge in [-0.1, -0.05) is 0 Å². The van der Waals surface area contributed by atoms with Crippen LogP contribution in [0.25, 0.3) is 11.1 Å². The Labute approximate surface area is 76.0 Å². The third-order valence-corrected chi connectivity index (χ3v) is 2.64. The molecule has 2 aromatic rings. The summed E-state index contributed by atoms with van der Waals surface area (Å²) < 4.78 is 15.9. The first kappa shape index (κ1) is 8.25. The molecule has 0 amide bonds. The SMILES string of the molecule is CS(=O)c1ccc2oc(=O)[nH]c2c1. The first-order chi connectivity index (χ1) is 6.16. The fourth-order valence-electron chi connectivity index (χ4n) is 1.11. The molecule has 1 heterocycles. The molecule has 0 aliphatic heterocycles. The van der Waals surface area contributed by atoms with Gasteiger partial charge in [0.1, 0.15) is 0 Å². The number of benzene rings is 1. The van der Waals surface area contributed by atoms with Gasteiger partial charge in [0.15, 0.2) is 5.58 Å².